The third kappa shape index (κ3) is 9.69. The quantitative estimate of drug-likeness (QED) is 0.184. The number of aromatic hydroxyl groups is 1. The molecular formula is C22H37IN4O2. The minimum atomic E-state index is 0. The summed E-state index contributed by atoms with van der Waals surface area (Å²) < 4.78 is 0. The molecule has 7 heteroatoms. The first-order valence-corrected chi connectivity index (χ1v) is 10.6. The van der Waals surface area contributed by atoms with E-state index in [1.165, 1.54) is 5.56 Å². The standard InChI is InChI=1S/C22H36N4O2.HI/c1-4-23-22(24-14-6-7-17-10-12-20(27)13-11-17)26-19-9-5-8-18(15-19)21(28)25-16(2)3;/h10-13,16,18-19,27H,4-9,14-15H2,1-3H3,(H,25,28)(H2,23,24,26);1H. The van der Waals surface area contributed by atoms with Gasteiger partial charge in [-0.05, 0) is 70.6 Å². The monoisotopic (exact) mass is 516 g/mol. The minimum absolute atomic E-state index is 0. The van der Waals surface area contributed by atoms with E-state index in [4.69, 9.17) is 4.99 Å². The fourth-order valence-corrected chi connectivity index (χ4v) is 3.61. The Morgan fingerprint density at radius 1 is 1.24 bits per heavy atom. The zero-order chi connectivity index (χ0) is 20.4. The van der Waals surface area contributed by atoms with E-state index in [1.54, 1.807) is 12.1 Å². The summed E-state index contributed by atoms with van der Waals surface area (Å²) in [6.07, 6.45) is 5.85. The van der Waals surface area contributed by atoms with Gasteiger partial charge in [-0.1, -0.05) is 18.6 Å². The van der Waals surface area contributed by atoms with Gasteiger partial charge in [-0.3, -0.25) is 9.79 Å². The molecule has 164 valence electrons. The molecule has 0 spiro atoms. The van der Waals surface area contributed by atoms with Crippen LogP contribution < -0.4 is 16.0 Å². The molecule has 0 saturated heterocycles. The van der Waals surface area contributed by atoms with E-state index in [0.717, 1.165) is 57.6 Å². The number of phenols is 1. The van der Waals surface area contributed by atoms with Gasteiger partial charge in [0.15, 0.2) is 5.96 Å². The summed E-state index contributed by atoms with van der Waals surface area (Å²) in [6.45, 7) is 7.62. The van der Waals surface area contributed by atoms with Crippen LogP contribution in [0, 0.1) is 5.92 Å². The lowest BCUT2D eigenvalue weighted by Crippen LogP contribution is -2.47. The number of carbonyl (C=O) groups is 1. The molecule has 1 fully saturated rings. The zero-order valence-electron chi connectivity index (χ0n) is 17.9. The van der Waals surface area contributed by atoms with Crippen LogP contribution in [0.4, 0.5) is 0 Å². The number of guanidine groups is 1. The number of benzene rings is 1. The molecular weight excluding hydrogens is 479 g/mol. The smallest absolute Gasteiger partial charge is 0.223 e. The van der Waals surface area contributed by atoms with Crippen LogP contribution in [0.3, 0.4) is 0 Å². The minimum Gasteiger partial charge on any atom is -0.508 e. The van der Waals surface area contributed by atoms with Crippen molar-refractivity contribution < 1.29 is 9.90 Å². The Bertz CT molecular complexity index is 634. The average molecular weight is 516 g/mol. The number of nitrogens with one attached hydrogen (secondary N) is 3. The van der Waals surface area contributed by atoms with Gasteiger partial charge < -0.3 is 21.1 Å². The van der Waals surface area contributed by atoms with Crippen molar-refractivity contribution >= 4 is 35.8 Å². The number of halogens is 1. The van der Waals surface area contributed by atoms with Gasteiger partial charge in [0, 0.05) is 31.1 Å². The normalized spacial score (nSPS) is 19.4. The number of aliphatic imine (C=N–C) groups is 1. The molecule has 0 radical (unpaired) electrons. The maximum Gasteiger partial charge on any atom is 0.223 e. The van der Waals surface area contributed by atoms with Crippen LogP contribution in [-0.4, -0.2) is 42.1 Å². The predicted molar refractivity (Wildman–Crippen MR) is 130 cm³/mol. The maximum atomic E-state index is 12.3. The molecule has 6 nitrogen and oxygen atoms in total. The van der Waals surface area contributed by atoms with Crippen molar-refractivity contribution in [1.29, 1.82) is 0 Å². The lowest BCUT2D eigenvalue weighted by molar-refractivity contribution is -0.126. The topological polar surface area (TPSA) is 85.8 Å². The van der Waals surface area contributed by atoms with Crippen LogP contribution in [0.25, 0.3) is 0 Å². The van der Waals surface area contributed by atoms with E-state index >= 15 is 0 Å². The molecule has 1 aromatic carbocycles. The molecule has 4 N–H and O–H groups in total. The number of nitrogens with zero attached hydrogens (tertiary/aromatic N) is 1. The van der Waals surface area contributed by atoms with Gasteiger partial charge in [-0.25, -0.2) is 0 Å². The zero-order valence-corrected chi connectivity index (χ0v) is 20.2. The Labute approximate surface area is 192 Å². The fourth-order valence-electron chi connectivity index (χ4n) is 3.61. The van der Waals surface area contributed by atoms with Crippen molar-refractivity contribution in [3.05, 3.63) is 29.8 Å². The maximum absolute atomic E-state index is 12.3. The largest absolute Gasteiger partial charge is 0.508 e. The Morgan fingerprint density at radius 3 is 2.62 bits per heavy atom. The Kier molecular flexibility index (Phi) is 12.0. The molecule has 0 aromatic heterocycles. The third-order valence-corrected chi connectivity index (χ3v) is 4.99. The molecule has 2 atom stereocenters. The first kappa shape index (κ1) is 25.5. The Balaban J connectivity index is 0.00000420. The molecule has 0 heterocycles. The van der Waals surface area contributed by atoms with E-state index in [0.29, 0.717) is 5.75 Å². The summed E-state index contributed by atoms with van der Waals surface area (Å²) in [5, 5.41) is 19.2. The second-order valence-electron chi connectivity index (χ2n) is 7.90. The van der Waals surface area contributed by atoms with E-state index < -0.39 is 0 Å². The number of phenolic OH excluding ortho intramolecular Hbond substituents is 1. The van der Waals surface area contributed by atoms with E-state index in [9.17, 15) is 9.90 Å². The van der Waals surface area contributed by atoms with E-state index in [1.807, 2.05) is 26.0 Å². The van der Waals surface area contributed by atoms with Crippen molar-refractivity contribution in [3.63, 3.8) is 0 Å². The van der Waals surface area contributed by atoms with Gasteiger partial charge in [0.1, 0.15) is 5.75 Å². The molecule has 29 heavy (non-hydrogen) atoms. The number of carbonyl (C=O) groups excluding carboxylic acids is 1. The summed E-state index contributed by atoms with van der Waals surface area (Å²) in [6, 6.07) is 7.82. The second kappa shape index (κ2) is 13.7. The van der Waals surface area contributed by atoms with Crippen molar-refractivity contribution in [2.75, 3.05) is 13.1 Å². The first-order valence-electron chi connectivity index (χ1n) is 10.6. The van der Waals surface area contributed by atoms with Crippen molar-refractivity contribution in [3.8, 4) is 5.75 Å². The SMILES string of the molecule is CCNC(=NCCCc1ccc(O)cc1)NC1CCCC(C(=O)NC(C)C)C1.I. The van der Waals surface area contributed by atoms with E-state index in [-0.39, 0.29) is 47.9 Å². The fraction of sp³-hybridized carbons (Fsp3) is 0.636. The number of rotatable bonds is 8. The highest BCUT2D eigenvalue weighted by Gasteiger charge is 2.27. The molecule has 1 aliphatic rings. The van der Waals surface area contributed by atoms with Gasteiger partial charge >= 0.3 is 0 Å². The molecule has 1 amide bonds. The molecule has 2 rings (SSSR count). The Hall–Kier alpha value is -1.51. The summed E-state index contributed by atoms with van der Waals surface area (Å²) in [5.74, 6) is 1.40. The van der Waals surface area contributed by atoms with Gasteiger partial charge in [-0.2, -0.15) is 0 Å². The number of hydrogen-bond acceptors (Lipinski definition) is 3. The lowest BCUT2D eigenvalue weighted by atomic mass is 9.85. The van der Waals surface area contributed by atoms with Crippen LogP contribution >= 0.6 is 24.0 Å². The van der Waals surface area contributed by atoms with Crippen LogP contribution in [0.2, 0.25) is 0 Å². The highest BCUT2D eigenvalue weighted by Crippen LogP contribution is 2.24. The van der Waals surface area contributed by atoms with E-state index in [2.05, 4.69) is 22.9 Å². The molecule has 2 unspecified atom stereocenters. The molecule has 0 aliphatic heterocycles. The molecule has 1 saturated carbocycles. The second-order valence-corrected chi connectivity index (χ2v) is 7.90. The Morgan fingerprint density at radius 2 is 1.97 bits per heavy atom. The highest BCUT2D eigenvalue weighted by atomic mass is 127. The van der Waals surface area contributed by atoms with Crippen molar-refractivity contribution in [1.82, 2.24) is 16.0 Å². The molecule has 1 aliphatic carbocycles. The summed E-state index contributed by atoms with van der Waals surface area (Å²) >= 11 is 0. The van der Waals surface area contributed by atoms with Gasteiger partial charge in [0.05, 0.1) is 0 Å². The number of hydrogen-bond donors (Lipinski definition) is 4. The van der Waals surface area contributed by atoms with Crippen LogP contribution in [0.5, 0.6) is 5.75 Å². The number of amides is 1. The molecule has 0 bridgehead atoms. The predicted octanol–water partition coefficient (Wildman–Crippen LogP) is 3.58. The van der Waals surface area contributed by atoms with Crippen LogP contribution in [-0.2, 0) is 11.2 Å². The van der Waals surface area contributed by atoms with Gasteiger partial charge in [-0.15, -0.1) is 24.0 Å². The van der Waals surface area contributed by atoms with Crippen LogP contribution in [0.15, 0.2) is 29.3 Å². The summed E-state index contributed by atoms with van der Waals surface area (Å²) in [4.78, 5) is 17.0. The lowest BCUT2D eigenvalue weighted by Gasteiger charge is -2.30. The highest BCUT2D eigenvalue weighted by molar-refractivity contribution is 14.0. The van der Waals surface area contributed by atoms with Crippen molar-refractivity contribution in [2.24, 2.45) is 10.9 Å². The average Bonchev–Trinajstić information content (AvgIpc) is 2.66. The number of aryl methyl sites for hydroxylation is 1. The van der Waals surface area contributed by atoms with Crippen LogP contribution in [0.1, 0.15) is 58.4 Å². The molecule has 1 aromatic rings. The summed E-state index contributed by atoms with van der Waals surface area (Å²) in [5.41, 5.74) is 1.21. The third-order valence-electron chi connectivity index (χ3n) is 4.99. The van der Waals surface area contributed by atoms with Crippen molar-refractivity contribution in [2.45, 2.75) is 71.4 Å². The summed E-state index contributed by atoms with van der Waals surface area (Å²) in [7, 11) is 0. The van der Waals surface area contributed by atoms with Gasteiger partial charge in [0.2, 0.25) is 5.91 Å². The first-order chi connectivity index (χ1) is 13.5. The van der Waals surface area contributed by atoms with Gasteiger partial charge in [0.25, 0.3) is 0 Å².